The van der Waals surface area contributed by atoms with E-state index in [1.165, 1.54) is 0 Å². The summed E-state index contributed by atoms with van der Waals surface area (Å²) in [7, 11) is 0. The van der Waals surface area contributed by atoms with Crippen LogP contribution < -0.4 is 16.4 Å². The second kappa shape index (κ2) is 9.44. The van der Waals surface area contributed by atoms with Crippen molar-refractivity contribution in [2.75, 3.05) is 16.4 Å². The van der Waals surface area contributed by atoms with E-state index in [0.717, 1.165) is 29.3 Å². The molecule has 12 heteroatoms. The lowest BCUT2D eigenvalue weighted by atomic mass is 10.0. The smallest absolute Gasteiger partial charge is 0.380 e. The van der Waals surface area contributed by atoms with E-state index in [1.54, 1.807) is 36.4 Å². The summed E-state index contributed by atoms with van der Waals surface area (Å²) in [4.78, 5) is 12.4. The van der Waals surface area contributed by atoms with Crippen molar-refractivity contribution in [2.24, 2.45) is 0 Å². The number of aromatic nitrogens is 1. The minimum absolute atomic E-state index is 0.195. The predicted octanol–water partition coefficient (Wildman–Crippen LogP) is 6.93. The molecule has 0 radical (unpaired) electrons. The van der Waals surface area contributed by atoms with Gasteiger partial charge in [0, 0.05) is 11.4 Å². The summed E-state index contributed by atoms with van der Waals surface area (Å²) in [6.45, 7) is 0. The van der Waals surface area contributed by atoms with Gasteiger partial charge in [0.15, 0.2) is 11.4 Å². The number of rotatable bonds is 5. The van der Waals surface area contributed by atoms with Crippen LogP contribution in [0.5, 0.6) is 0 Å². The summed E-state index contributed by atoms with van der Waals surface area (Å²) in [5.41, 5.74) is 7.23. The Bertz CT molecular complexity index is 1360. The Hall–Kier alpha value is -4.22. The van der Waals surface area contributed by atoms with Gasteiger partial charge in [-0.05, 0) is 52.6 Å². The Balaban J connectivity index is 1.50. The molecule has 4 aromatic rings. The van der Waals surface area contributed by atoms with E-state index in [4.69, 9.17) is 10.3 Å². The Morgan fingerprint density at radius 1 is 0.833 bits per heavy atom. The molecule has 0 saturated carbocycles. The lowest BCUT2D eigenvalue weighted by Crippen LogP contribution is -2.20. The number of anilines is 3. The Morgan fingerprint density at radius 2 is 1.42 bits per heavy atom. The molecule has 0 saturated heterocycles. The molecule has 0 fully saturated rings. The highest BCUT2D eigenvalue weighted by molar-refractivity contribution is 6.02. The number of urea groups is 1. The minimum atomic E-state index is -4.63. The number of alkyl halides is 6. The molecule has 0 aliphatic carbocycles. The third-order valence-corrected chi connectivity index (χ3v) is 5.10. The summed E-state index contributed by atoms with van der Waals surface area (Å²) in [6.07, 6.45) is -12.1. The van der Waals surface area contributed by atoms with E-state index in [0.29, 0.717) is 16.7 Å². The lowest BCUT2D eigenvalue weighted by Gasteiger charge is -2.14. The SMILES string of the molecule is Nc1noc2cccc(-c3ccc(NC(=O)Nc4cc(CC(F)(F)F)cc(CC(F)(F)F)c4)cc3)c12. The molecule has 6 nitrogen and oxygen atoms in total. The highest BCUT2D eigenvalue weighted by Crippen LogP contribution is 2.33. The zero-order chi connectivity index (χ0) is 26.1. The second-order valence-corrected chi connectivity index (χ2v) is 8.03. The molecule has 188 valence electrons. The lowest BCUT2D eigenvalue weighted by molar-refractivity contribution is -0.127. The van der Waals surface area contributed by atoms with Crippen LogP contribution in [0.2, 0.25) is 0 Å². The second-order valence-electron chi connectivity index (χ2n) is 8.03. The maximum Gasteiger partial charge on any atom is 0.393 e. The molecule has 4 N–H and O–H groups in total. The van der Waals surface area contributed by atoms with Crippen LogP contribution in [-0.4, -0.2) is 23.5 Å². The monoisotopic (exact) mass is 508 g/mol. The van der Waals surface area contributed by atoms with Gasteiger partial charge in [0.25, 0.3) is 0 Å². The van der Waals surface area contributed by atoms with Gasteiger partial charge in [-0.2, -0.15) is 26.3 Å². The topological polar surface area (TPSA) is 93.2 Å². The van der Waals surface area contributed by atoms with Crippen LogP contribution in [0, 0.1) is 0 Å². The Kier molecular flexibility index (Phi) is 6.53. The first-order valence-electron chi connectivity index (χ1n) is 10.4. The summed E-state index contributed by atoms with van der Waals surface area (Å²) in [5.74, 6) is 0.222. The fourth-order valence-corrected chi connectivity index (χ4v) is 3.78. The van der Waals surface area contributed by atoms with E-state index >= 15 is 0 Å². The molecule has 0 aliphatic heterocycles. The number of hydrogen-bond donors (Lipinski definition) is 3. The molecule has 0 atom stereocenters. The summed E-state index contributed by atoms with van der Waals surface area (Å²) >= 11 is 0. The maximum absolute atomic E-state index is 12.8. The van der Waals surface area contributed by atoms with Crippen molar-refractivity contribution in [3.05, 3.63) is 71.8 Å². The van der Waals surface area contributed by atoms with Crippen molar-refractivity contribution in [3.63, 3.8) is 0 Å². The van der Waals surface area contributed by atoms with Crippen LogP contribution in [0.1, 0.15) is 11.1 Å². The van der Waals surface area contributed by atoms with Crippen LogP contribution >= 0.6 is 0 Å². The molecular formula is C24H18F6N4O2. The highest BCUT2D eigenvalue weighted by Gasteiger charge is 2.30. The number of amides is 2. The number of hydrogen-bond acceptors (Lipinski definition) is 4. The average molecular weight is 508 g/mol. The number of benzene rings is 3. The number of nitrogen functional groups attached to an aromatic ring is 1. The fraction of sp³-hybridized carbons (Fsp3) is 0.167. The number of carbonyl (C=O) groups is 1. The van der Waals surface area contributed by atoms with Crippen LogP contribution in [0.25, 0.3) is 22.1 Å². The van der Waals surface area contributed by atoms with Crippen molar-refractivity contribution in [1.82, 2.24) is 5.16 Å². The third-order valence-electron chi connectivity index (χ3n) is 5.10. The number of fused-ring (bicyclic) bond motifs is 1. The third kappa shape index (κ3) is 6.26. The zero-order valence-electron chi connectivity index (χ0n) is 18.3. The van der Waals surface area contributed by atoms with Gasteiger partial charge in [-0.15, -0.1) is 0 Å². The van der Waals surface area contributed by atoms with Gasteiger partial charge < -0.3 is 20.9 Å². The highest BCUT2D eigenvalue weighted by atomic mass is 19.4. The summed E-state index contributed by atoms with van der Waals surface area (Å²) < 4.78 is 82.0. The zero-order valence-corrected chi connectivity index (χ0v) is 18.3. The molecule has 1 heterocycles. The normalized spacial score (nSPS) is 12.1. The molecule has 4 rings (SSSR count). The number of nitrogens with zero attached hydrogens (tertiary/aromatic N) is 1. The van der Waals surface area contributed by atoms with Crippen molar-refractivity contribution in [2.45, 2.75) is 25.2 Å². The number of carbonyl (C=O) groups excluding carboxylic acids is 1. The van der Waals surface area contributed by atoms with Crippen LogP contribution in [0.15, 0.2) is 65.2 Å². The largest absolute Gasteiger partial charge is 0.393 e. The first kappa shape index (κ1) is 24.9. The number of halogens is 6. The Labute approximate surface area is 200 Å². The molecule has 1 aromatic heterocycles. The van der Waals surface area contributed by atoms with Crippen LogP contribution in [0.4, 0.5) is 48.3 Å². The summed E-state index contributed by atoms with van der Waals surface area (Å²) in [5, 5.41) is 9.17. The fourth-order valence-electron chi connectivity index (χ4n) is 3.78. The van der Waals surface area contributed by atoms with E-state index in [1.807, 2.05) is 6.07 Å². The maximum atomic E-state index is 12.8. The van der Waals surface area contributed by atoms with Crippen molar-refractivity contribution in [1.29, 1.82) is 0 Å². The molecule has 2 amide bonds. The van der Waals surface area contributed by atoms with E-state index in [2.05, 4.69) is 15.8 Å². The van der Waals surface area contributed by atoms with Gasteiger partial charge in [-0.3, -0.25) is 0 Å². The molecule has 0 bridgehead atoms. The molecule has 3 aromatic carbocycles. The first-order valence-corrected chi connectivity index (χ1v) is 10.4. The number of nitrogens with two attached hydrogens (primary N) is 1. The van der Waals surface area contributed by atoms with E-state index in [-0.39, 0.29) is 11.5 Å². The summed E-state index contributed by atoms with van der Waals surface area (Å²) in [6, 6.07) is 13.8. The Morgan fingerprint density at radius 3 is 2.00 bits per heavy atom. The van der Waals surface area contributed by atoms with Crippen molar-refractivity contribution >= 4 is 34.2 Å². The van der Waals surface area contributed by atoms with Gasteiger partial charge in [-0.25, -0.2) is 4.79 Å². The molecule has 0 spiro atoms. The van der Waals surface area contributed by atoms with E-state index < -0.39 is 42.4 Å². The quantitative estimate of drug-likeness (QED) is 0.255. The van der Waals surface area contributed by atoms with Gasteiger partial charge in [0.2, 0.25) is 0 Å². The standard InChI is InChI=1S/C24H18F6N4O2/c25-23(26,27)11-13-8-14(12-24(28,29)30)10-17(9-13)33-22(35)32-16-6-4-15(5-7-16)18-2-1-3-19-20(18)21(31)34-36-19/h1-10H,11-12H2,(H2,31,34)(H2,32,33,35). The van der Waals surface area contributed by atoms with Crippen LogP contribution in [-0.2, 0) is 12.8 Å². The van der Waals surface area contributed by atoms with Gasteiger partial charge in [-0.1, -0.05) is 35.5 Å². The van der Waals surface area contributed by atoms with E-state index in [9.17, 15) is 31.1 Å². The number of nitrogens with one attached hydrogen (secondary N) is 2. The van der Waals surface area contributed by atoms with Crippen LogP contribution in [0.3, 0.4) is 0 Å². The minimum Gasteiger partial charge on any atom is -0.380 e. The molecular weight excluding hydrogens is 490 g/mol. The molecule has 0 unspecified atom stereocenters. The van der Waals surface area contributed by atoms with Crippen molar-refractivity contribution < 1.29 is 35.7 Å². The predicted molar refractivity (Wildman–Crippen MR) is 122 cm³/mol. The molecule has 36 heavy (non-hydrogen) atoms. The average Bonchev–Trinajstić information content (AvgIpc) is 3.13. The van der Waals surface area contributed by atoms with Gasteiger partial charge in [0.1, 0.15) is 0 Å². The first-order chi connectivity index (χ1) is 16.9. The van der Waals surface area contributed by atoms with Gasteiger partial charge in [0.05, 0.1) is 18.2 Å². The van der Waals surface area contributed by atoms with Crippen molar-refractivity contribution in [3.8, 4) is 11.1 Å². The molecule has 0 aliphatic rings. The van der Waals surface area contributed by atoms with Gasteiger partial charge >= 0.3 is 18.4 Å².